The summed E-state index contributed by atoms with van der Waals surface area (Å²) in [4.78, 5) is 0. The van der Waals surface area contributed by atoms with Crippen LogP contribution in [0, 0.1) is 0 Å². The summed E-state index contributed by atoms with van der Waals surface area (Å²) in [6, 6.07) is 15.6. The third kappa shape index (κ3) is 3.58. The number of halogens is 2. The van der Waals surface area contributed by atoms with Crippen molar-refractivity contribution < 1.29 is 5.11 Å². The van der Waals surface area contributed by atoms with E-state index in [4.69, 9.17) is 11.6 Å². The molecule has 0 heterocycles. The van der Waals surface area contributed by atoms with Crippen molar-refractivity contribution >= 4 is 27.5 Å². The molecule has 1 N–H and O–H groups in total. The molecule has 2 aromatic rings. The third-order valence-corrected chi connectivity index (χ3v) is 3.82. The first-order valence-corrected chi connectivity index (χ1v) is 7.01. The number of benzene rings is 2. The fourth-order valence-electron chi connectivity index (χ4n) is 1.87. The molecule has 0 aromatic heterocycles. The van der Waals surface area contributed by atoms with Gasteiger partial charge in [-0.05, 0) is 42.2 Å². The Balaban J connectivity index is 2.03. The number of hydrogen-bond donors (Lipinski definition) is 1. The lowest BCUT2D eigenvalue weighted by molar-refractivity contribution is 0.167. The van der Waals surface area contributed by atoms with Crippen molar-refractivity contribution in [1.82, 2.24) is 0 Å². The zero-order chi connectivity index (χ0) is 13.0. The van der Waals surface area contributed by atoms with Crippen LogP contribution >= 0.6 is 27.5 Å². The van der Waals surface area contributed by atoms with Gasteiger partial charge in [0.25, 0.3) is 0 Å². The summed E-state index contributed by atoms with van der Waals surface area (Å²) in [7, 11) is 0. The first-order chi connectivity index (χ1) is 8.66. The molecule has 0 saturated heterocycles. The van der Waals surface area contributed by atoms with Gasteiger partial charge in [0.1, 0.15) is 0 Å². The third-order valence-electron chi connectivity index (χ3n) is 2.87. The molecule has 0 fully saturated rings. The van der Waals surface area contributed by atoms with Crippen molar-refractivity contribution in [3.63, 3.8) is 0 Å². The summed E-state index contributed by atoms with van der Waals surface area (Å²) in [5.41, 5.74) is 2.08. The summed E-state index contributed by atoms with van der Waals surface area (Å²) >= 11 is 9.38. The van der Waals surface area contributed by atoms with Gasteiger partial charge in [-0.3, -0.25) is 0 Å². The second-order valence-corrected chi connectivity index (χ2v) is 5.50. The molecule has 0 aliphatic rings. The second kappa shape index (κ2) is 6.37. The lowest BCUT2D eigenvalue weighted by atomic mass is 10.0. The Labute approximate surface area is 121 Å². The van der Waals surface area contributed by atoms with Crippen molar-refractivity contribution in [2.24, 2.45) is 0 Å². The van der Waals surface area contributed by atoms with Gasteiger partial charge in [0, 0.05) is 9.50 Å². The number of rotatable bonds is 4. The smallest absolute Gasteiger partial charge is 0.0804 e. The second-order valence-electron chi connectivity index (χ2n) is 4.21. The molecule has 2 aromatic carbocycles. The summed E-state index contributed by atoms with van der Waals surface area (Å²) < 4.78 is 0.896. The van der Waals surface area contributed by atoms with Crippen LogP contribution in [0.25, 0.3) is 0 Å². The zero-order valence-corrected chi connectivity index (χ0v) is 12.2. The molecule has 18 heavy (non-hydrogen) atoms. The SMILES string of the molecule is OC(CCc1ccccc1)c1cc(Cl)ccc1Br. The van der Waals surface area contributed by atoms with Gasteiger partial charge in [-0.1, -0.05) is 57.9 Å². The topological polar surface area (TPSA) is 20.2 Å². The van der Waals surface area contributed by atoms with Crippen molar-refractivity contribution in [2.45, 2.75) is 18.9 Å². The Hall–Kier alpha value is -0.830. The highest BCUT2D eigenvalue weighted by Crippen LogP contribution is 2.29. The monoisotopic (exact) mass is 324 g/mol. The quantitative estimate of drug-likeness (QED) is 0.858. The minimum atomic E-state index is -0.502. The Bertz CT molecular complexity index is 513. The molecule has 0 saturated carbocycles. The van der Waals surface area contributed by atoms with Gasteiger partial charge in [-0.25, -0.2) is 0 Å². The summed E-state index contributed by atoms with van der Waals surface area (Å²) in [5.74, 6) is 0. The van der Waals surface area contributed by atoms with Crippen LogP contribution in [0.5, 0.6) is 0 Å². The van der Waals surface area contributed by atoms with Crippen molar-refractivity contribution in [1.29, 1.82) is 0 Å². The van der Waals surface area contributed by atoms with E-state index in [-0.39, 0.29) is 0 Å². The fraction of sp³-hybridized carbons (Fsp3) is 0.200. The Morgan fingerprint density at radius 1 is 1.11 bits per heavy atom. The highest BCUT2D eigenvalue weighted by atomic mass is 79.9. The summed E-state index contributed by atoms with van der Waals surface area (Å²) in [5, 5.41) is 10.8. The first-order valence-electron chi connectivity index (χ1n) is 5.84. The standard InChI is InChI=1S/C15H14BrClO/c16-14-8-7-12(17)10-13(14)15(18)9-6-11-4-2-1-3-5-11/h1-5,7-8,10,15,18H,6,9H2. The van der Waals surface area contributed by atoms with E-state index in [2.05, 4.69) is 28.1 Å². The molecule has 94 valence electrons. The van der Waals surface area contributed by atoms with Crippen LogP contribution in [-0.4, -0.2) is 5.11 Å². The van der Waals surface area contributed by atoms with Gasteiger partial charge in [0.2, 0.25) is 0 Å². The van der Waals surface area contributed by atoms with Crippen molar-refractivity contribution in [3.8, 4) is 0 Å². The molecule has 0 aliphatic heterocycles. The average Bonchev–Trinajstić information content (AvgIpc) is 2.40. The number of aliphatic hydroxyl groups excluding tert-OH is 1. The highest BCUT2D eigenvalue weighted by Gasteiger charge is 2.11. The molecule has 0 radical (unpaired) electrons. The normalized spacial score (nSPS) is 12.4. The molecular weight excluding hydrogens is 312 g/mol. The first kappa shape index (κ1) is 13.6. The molecule has 0 bridgehead atoms. The Morgan fingerprint density at radius 3 is 2.56 bits per heavy atom. The minimum Gasteiger partial charge on any atom is -0.388 e. The maximum atomic E-state index is 10.2. The van der Waals surface area contributed by atoms with Gasteiger partial charge in [-0.2, -0.15) is 0 Å². The van der Waals surface area contributed by atoms with E-state index in [1.165, 1.54) is 5.56 Å². The molecule has 2 rings (SSSR count). The maximum absolute atomic E-state index is 10.2. The highest BCUT2D eigenvalue weighted by molar-refractivity contribution is 9.10. The lowest BCUT2D eigenvalue weighted by Crippen LogP contribution is -2.00. The molecular formula is C15H14BrClO. The fourth-order valence-corrected chi connectivity index (χ4v) is 2.56. The molecule has 1 nitrogen and oxygen atoms in total. The number of aryl methyl sites for hydroxylation is 1. The number of aliphatic hydroxyl groups is 1. The van der Waals surface area contributed by atoms with Gasteiger partial charge in [0.05, 0.1) is 6.10 Å². The van der Waals surface area contributed by atoms with Crippen LogP contribution in [0.4, 0.5) is 0 Å². The van der Waals surface area contributed by atoms with Crippen LogP contribution in [0.2, 0.25) is 5.02 Å². The molecule has 1 atom stereocenters. The molecule has 1 unspecified atom stereocenters. The van der Waals surface area contributed by atoms with Crippen molar-refractivity contribution in [2.75, 3.05) is 0 Å². The minimum absolute atomic E-state index is 0.502. The van der Waals surface area contributed by atoms with E-state index >= 15 is 0 Å². The van der Waals surface area contributed by atoms with Gasteiger partial charge >= 0.3 is 0 Å². The summed E-state index contributed by atoms with van der Waals surface area (Å²) in [6.07, 6.45) is 1.03. The van der Waals surface area contributed by atoms with Crippen LogP contribution in [0.15, 0.2) is 53.0 Å². The van der Waals surface area contributed by atoms with Crippen LogP contribution in [0.3, 0.4) is 0 Å². The van der Waals surface area contributed by atoms with Gasteiger partial charge in [0.15, 0.2) is 0 Å². The molecule has 0 spiro atoms. The van der Waals surface area contributed by atoms with E-state index < -0.39 is 6.10 Å². The lowest BCUT2D eigenvalue weighted by Gasteiger charge is -2.13. The Morgan fingerprint density at radius 2 is 1.83 bits per heavy atom. The van der Waals surface area contributed by atoms with Crippen LogP contribution < -0.4 is 0 Å². The van der Waals surface area contributed by atoms with E-state index in [9.17, 15) is 5.11 Å². The van der Waals surface area contributed by atoms with E-state index in [1.807, 2.05) is 24.3 Å². The van der Waals surface area contributed by atoms with Crippen molar-refractivity contribution in [3.05, 3.63) is 69.2 Å². The summed E-state index contributed by atoms with van der Waals surface area (Å²) in [6.45, 7) is 0. The predicted molar refractivity (Wildman–Crippen MR) is 78.9 cm³/mol. The van der Waals surface area contributed by atoms with Gasteiger partial charge < -0.3 is 5.11 Å². The number of hydrogen-bond acceptors (Lipinski definition) is 1. The molecule has 3 heteroatoms. The van der Waals surface area contributed by atoms with Crippen LogP contribution in [0.1, 0.15) is 23.7 Å². The van der Waals surface area contributed by atoms with Crippen LogP contribution in [-0.2, 0) is 6.42 Å². The molecule has 0 amide bonds. The van der Waals surface area contributed by atoms with E-state index in [0.717, 1.165) is 16.5 Å². The maximum Gasteiger partial charge on any atom is 0.0804 e. The van der Waals surface area contributed by atoms with E-state index in [0.29, 0.717) is 11.4 Å². The zero-order valence-electron chi connectivity index (χ0n) is 9.81. The molecule has 0 aliphatic carbocycles. The Kier molecular flexibility index (Phi) is 4.81. The largest absolute Gasteiger partial charge is 0.388 e. The predicted octanol–water partition coefficient (Wildman–Crippen LogP) is 4.77. The van der Waals surface area contributed by atoms with E-state index in [1.54, 1.807) is 12.1 Å². The average molecular weight is 326 g/mol. The van der Waals surface area contributed by atoms with Gasteiger partial charge in [-0.15, -0.1) is 0 Å².